The molecule has 1 unspecified atom stereocenters. The topological polar surface area (TPSA) is 93.7 Å². The van der Waals surface area contributed by atoms with Crippen LogP contribution in [0.25, 0.3) is 0 Å². The van der Waals surface area contributed by atoms with E-state index in [-0.39, 0.29) is 11.9 Å². The molecule has 0 spiro atoms. The number of carboxylic acid groups (broad SMARTS) is 1. The number of hydrogen-bond donors (Lipinski definition) is 4. The molecular formula is C13H24N4O3. The molecule has 2 amide bonds. The van der Waals surface area contributed by atoms with Gasteiger partial charge in [0.2, 0.25) is 0 Å². The second-order valence-electron chi connectivity index (χ2n) is 5.50. The summed E-state index contributed by atoms with van der Waals surface area (Å²) in [7, 11) is 0. The highest BCUT2D eigenvalue weighted by Crippen LogP contribution is 2.32. The molecule has 1 atom stereocenters. The number of carboxylic acids is 1. The molecule has 1 heterocycles. The van der Waals surface area contributed by atoms with E-state index in [0.29, 0.717) is 6.54 Å². The molecular weight excluding hydrogens is 260 g/mol. The Labute approximate surface area is 119 Å². The summed E-state index contributed by atoms with van der Waals surface area (Å²) in [6.07, 6.45) is 2.66. The van der Waals surface area contributed by atoms with Gasteiger partial charge in [-0.25, -0.2) is 9.59 Å². The van der Waals surface area contributed by atoms with Crippen LogP contribution in [0, 0.1) is 5.92 Å². The fourth-order valence-corrected chi connectivity index (χ4v) is 2.44. The van der Waals surface area contributed by atoms with Crippen LogP contribution in [-0.4, -0.2) is 67.3 Å². The fraction of sp³-hybridized carbons (Fsp3) is 0.846. The largest absolute Gasteiger partial charge is 0.480 e. The minimum atomic E-state index is -0.941. The molecule has 114 valence electrons. The number of hydrogen-bond acceptors (Lipinski definition) is 4. The second kappa shape index (κ2) is 7.44. The number of nitrogens with one attached hydrogen (secondary N) is 3. The van der Waals surface area contributed by atoms with Gasteiger partial charge in [-0.15, -0.1) is 0 Å². The number of aliphatic carboxylic acids is 1. The van der Waals surface area contributed by atoms with E-state index in [0.717, 1.165) is 52.0 Å². The normalized spacial score (nSPS) is 21.2. The fourth-order valence-electron chi connectivity index (χ4n) is 2.44. The van der Waals surface area contributed by atoms with Crippen molar-refractivity contribution in [2.24, 2.45) is 5.92 Å². The Balaban J connectivity index is 1.56. The van der Waals surface area contributed by atoms with Gasteiger partial charge in [-0.2, -0.15) is 0 Å². The van der Waals surface area contributed by atoms with Crippen molar-refractivity contribution >= 4 is 12.0 Å². The van der Waals surface area contributed by atoms with E-state index >= 15 is 0 Å². The lowest BCUT2D eigenvalue weighted by atomic mass is 10.2. The van der Waals surface area contributed by atoms with Gasteiger partial charge in [0, 0.05) is 32.7 Å². The molecule has 2 rings (SSSR count). The summed E-state index contributed by atoms with van der Waals surface area (Å²) in [6.45, 7) is 5.69. The number of carbonyl (C=O) groups is 2. The van der Waals surface area contributed by atoms with Crippen LogP contribution in [0.5, 0.6) is 0 Å². The molecule has 1 aliphatic carbocycles. The molecule has 2 fully saturated rings. The summed E-state index contributed by atoms with van der Waals surface area (Å²) in [5.74, 6) is -0.831. The van der Waals surface area contributed by atoms with Crippen molar-refractivity contribution in [2.75, 3.05) is 39.3 Å². The second-order valence-corrected chi connectivity index (χ2v) is 5.50. The van der Waals surface area contributed by atoms with Gasteiger partial charge >= 0.3 is 12.0 Å². The minimum absolute atomic E-state index is 0.110. The minimum Gasteiger partial charge on any atom is -0.480 e. The van der Waals surface area contributed by atoms with Crippen molar-refractivity contribution in [3.63, 3.8) is 0 Å². The zero-order valence-electron chi connectivity index (χ0n) is 11.7. The number of carbonyl (C=O) groups excluding carboxylic acids is 1. The smallest absolute Gasteiger partial charge is 0.326 e. The van der Waals surface area contributed by atoms with E-state index in [4.69, 9.17) is 5.11 Å². The summed E-state index contributed by atoms with van der Waals surface area (Å²) in [5.41, 5.74) is 0. The third kappa shape index (κ3) is 4.97. The van der Waals surface area contributed by atoms with Crippen molar-refractivity contribution in [2.45, 2.75) is 25.3 Å². The predicted octanol–water partition coefficient (Wildman–Crippen LogP) is -0.556. The first-order valence-electron chi connectivity index (χ1n) is 7.37. The third-order valence-corrected chi connectivity index (χ3v) is 3.79. The lowest BCUT2D eigenvalue weighted by Crippen LogP contribution is -2.48. The Kier molecular flexibility index (Phi) is 5.60. The molecule has 0 bridgehead atoms. The zero-order chi connectivity index (χ0) is 14.4. The number of urea groups is 1. The van der Waals surface area contributed by atoms with Crippen LogP contribution < -0.4 is 16.0 Å². The highest BCUT2D eigenvalue weighted by atomic mass is 16.4. The van der Waals surface area contributed by atoms with E-state index in [9.17, 15) is 9.59 Å². The van der Waals surface area contributed by atoms with Crippen LogP contribution >= 0.6 is 0 Å². The highest BCUT2D eigenvalue weighted by Gasteiger charge is 2.37. The molecule has 4 N–H and O–H groups in total. The first-order chi connectivity index (χ1) is 9.66. The molecule has 1 saturated heterocycles. The Hall–Kier alpha value is -1.34. The molecule has 0 radical (unpaired) electrons. The van der Waals surface area contributed by atoms with E-state index in [1.165, 1.54) is 0 Å². The maximum absolute atomic E-state index is 11.6. The van der Waals surface area contributed by atoms with E-state index in [1.807, 2.05) is 0 Å². The van der Waals surface area contributed by atoms with Gasteiger partial charge in [-0.1, -0.05) is 0 Å². The van der Waals surface area contributed by atoms with Gasteiger partial charge in [0.25, 0.3) is 0 Å². The van der Waals surface area contributed by atoms with Gasteiger partial charge in [-0.05, 0) is 31.7 Å². The summed E-state index contributed by atoms with van der Waals surface area (Å²) in [6, 6.07) is -1.10. The van der Waals surface area contributed by atoms with Crippen molar-refractivity contribution in [1.29, 1.82) is 0 Å². The third-order valence-electron chi connectivity index (χ3n) is 3.79. The van der Waals surface area contributed by atoms with Crippen molar-refractivity contribution < 1.29 is 14.7 Å². The molecule has 1 saturated carbocycles. The van der Waals surface area contributed by atoms with Crippen LogP contribution in [0.4, 0.5) is 4.79 Å². The summed E-state index contributed by atoms with van der Waals surface area (Å²) in [5, 5.41) is 17.6. The molecule has 1 aliphatic heterocycles. The summed E-state index contributed by atoms with van der Waals surface area (Å²) < 4.78 is 0. The number of amides is 2. The molecule has 0 aromatic heterocycles. The van der Waals surface area contributed by atoms with Gasteiger partial charge in [0.05, 0.1) is 0 Å². The number of piperazine rings is 1. The average Bonchev–Trinajstić information content (AvgIpc) is 3.26. The maximum Gasteiger partial charge on any atom is 0.326 e. The molecule has 0 aromatic carbocycles. The van der Waals surface area contributed by atoms with Gasteiger partial charge in [0.15, 0.2) is 0 Å². The number of rotatable bonds is 7. The van der Waals surface area contributed by atoms with Crippen molar-refractivity contribution in [1.82, 2.24) is 20.9 Å². The van der Waals surface area contributed by atoms with Crippen LogP contribution in [0.3, 0.4) is 0 Å². The zero-order valence-corrected chi connectivity index (χ0v) is 11.7. The van der Waals surface area contributed by atoms with Crippen LogP contribution in [0.1, 0.15) is 19.3 Å². The van der Waals surface area contributed by atoms with Crippen LogP contribution in [0.2, 0.25) is 0 Å². The molecule has 0 aromatic rings. The Morgan fingerprint density at radius 3 is 2.60 bits per heavy atom. The lowest BCUT2D eigenvalue weighted by molar-refractivity contribution is -0.139. The average molecular weight is 284 g/mol. The lowest BCUT2D eigenvalue weighted by Gasteiger charge is -2.27. The molecule has 7 heteroatoms. The summed E-state index contributed by atoms with van der Waals surface area (Å²) >= 11 is 0. The Morgan fingerprint density at radius 2 is 2.00 bits per heavy atom. The van der Waals surface area contributed by atoms with Gasteiger partial charge in [0.1, 0.15) is 6.04 Å². The molecule has 2 aliphatic rings. The Bertz CT molecular complexity index is 341. The van der Waals surface area contributed by atoms with Gasteiger partial charge < -0.3 is 26.0 Å². The number of nitrogens with zero attached hydrogens (tertiary/aromatic N) is 1. The van der Waals surface area contributed by atoms with Crippen LogP contribution in [0.15, 0.2) is 0 Å². The SMILES string of the molecule is O=C(NCCCN1CCNCC1)NC(C(=O)O)C1CC1. The highest BCUT2D eigenvalue weighted by molar-refractivity contribution is 5.83. The summed E-state index contributed by atoms with van der Waals surface area (Å²) in [4.78, 5) is 25.0. The molecule has 7 nitrogen and oxygen atoms in total. The van der Waals surface area contributed by atoms with E-state index in [2.05, 4.69) is 20.9 Å². The standard InChI is InChI=1S/C13H24N4O3/c18-12(19)11(10-2-3-10)16-13(20)15-4-1-7-17-8-5-14-6-9-17/h10-11,14H,1-9H2,(H,18,19)(H2,15,16,20). The monoisotopic (exact) mass is 284 g/mol. The van der Waals surface area contributed by atoms with Crippen molar-refractivity contribution in [3.05, 3.63) is 0 Å². The Morgan fingerprint density at radius 1 is 1.30 bits per heavy atom. The first-order valence-corrected chi connectivity index (χ1v) is 7.37. The van der Waals surface area contributed by atoms with E-state index < -0.39 is 12.0 Å². The van der Waals surface area contributed by atoms with E-state index in [1.54, 1.807) is 0 Å². The van der Waals surface area contributed by atoms with Crippen molar-refractivity contribution in [3.8, 4) is 0 Å². The maximum atomic E-state index is 11.6. The quantitative estimate of drug-likeness (QED) is 0.470. The first kappa shape index (κ1) is 15.1. The van der Waals surface area contributed by atoms with Gasteiger partial charge in [-0.3, -0.25) is 0 Å². The van der Waals surface area contributed by atoms with Crippen LogP contribution in [-0.2, 0) is 4.79 Å². The molecule has 20 heavy (non-hydrogen) atoms. The predicted molar refractivity (Wildman–Crippen MR) is 74.6 cm³/mol.